The Morgan fingerprint density at radius 1 is 1.57 bits per heavy atom. The molecular formula is C10H10ClFO2. The third kappa shape index (κ3) is 2.70. The van der Waals surface area contributed by atoms with Gasteiger partial charge in [-0.25, -0.2) is 4.39 Å². The summed E-state index contributed by atoms with van der Waals surface area (Å²) in [4.78, 5) is 10.3. The molecule has 0 unspecified atom stereocenters. The van der Waals surface area contributed by atoms with Crippen molar-refractivity contribution < 1.29 is 14.3 Å². The number of hydrogen-bond donors (Lipinski definition) is 1. The van der Waals surface area contributed by atoms with E-state index in [9.17, 15) is 9.18 Å². The molecule has 0 fully saturated rings. The van der Waals surface area contributed by atoms with E-state index in [1.54, 1.807) is 13.0 Å². The van der Waals surface area contributed by atoms with Gasteiger partial charge in [-0.3, -0.25) is 4.79 Å². The normalized spacial score (nSPS) is 10.2. The van der Waals surface area contributed by atoms with Gasteiger partial charge in [0.05, 0.1) is 0 Å². The van der Waals surface area contributed by atoms with Gasteiger partial charge in [0.1, 0.15) is 5.82 Å². The summed E-state index contributed by atoms with van der Waals surface area (Å²) in [6, 6.07) is 2.92. The van der Waals surface area contributed by atoms with Crippen molar-refractivity contribution in [1.82, 2.24) is 0 Å². The summed E-state index contributed by atoms with van der Waals surface area (Å²) in [6.45, 7) is 1.58. The van der Waals surface area contributed by atoms with Gasteiger partial charge in [0, 0.05) is 17.0 Å². The van der Waals surface area contributed by atoms with Gasteiger partial charge in [-0.05, 0) is 31.0 Å². The molecule has 1 N–H and O–H groups in total. The predicted octanol–water partition coefficient (Wildman–Crippen LogP) is 2.80. The van der Waals surface area contributed by atoms with E-state index in [2.05, 4.69) is 0 Å². The molecule has 0 bridgehead atoms. The highest BCUT2D eigenvalue weighted by molar-refractivity contribution is 6.31. The van der Waals surface area contributed by atoms with Crippen molar-refractivity contribution in [3.8, 4) is 0 Å². The van der Waals surface area contributed by atoms with Crippen LogP contribution in [0.4, 0.5) is 4.39 Å². The molecule has 0 atom stereocenters. The summed E-state index contributed by atoms with van der Waals surface area (Å²) in [5, 5.41) is 8.78. The minimum Gasteiger partial charge on any atom is -0.481 e. The number of halogens is 2. The number of hydrogen-bond acceptors (Lipinski definition) is 1. The number of rotatable bonds is 3. The van der Waals surface area contributed by atoms with Crippen LogP contribution in [0, 0.1) is 12.7 Å². The van der Waals surface area contributed by atoms with Crippen LogP contribution in [0.15, 0.2) is 12.1 Å². The minimum absolute atomic E-state index is 0.0150. The zero-order valence-corrected chi connectivity index (χ0v) is 8.44. The van der Waals surface area contributed by atoms with Crippen molar-refractivity contribution in [2.45, 2.75) is 19.8 Å². The number of aryl methyl sites for hydroxylation is 1. The molecule has 2 nitrogen and oxygen atoms in total. The number of carboxylic acids is 1. The number of carbonyl (C=O) groups is 1. The first kappa shape index (κ1) is 11.0. The molecule has 4 heteroatoms. The highest BCUT2D eigenvalue weighted by Gasteiger charge is 2.06. The van der Waals surface area contributed by atoms with E-state index in [0.717, 1.165) is 0 Å². The van der Waals surface area contributed by atoms with Crippen molar-refractivity contribution in [2.75, 3.05) is 0 Å². The first-order valence-electron chi connectivity index (χ1n) is 4.17. The monoisotopic (exact) mass is 216 g/mol. The molecule has 0 heterocycles. The molecule has 14 heavy (non-hydrogen) atoms. The molecule has 1 aromatic carbocycles. The zero-order valence-electron chi connectivity index (χ0n) is 7.68. The van der Waals surface area contributed by atoms with Crippen molar-refractivity contribution >= 4 is 17.6 Å². The second-order valence-corrected chi connectivity index (χ2v) is 3.49. The second kappa shape index (κ2) is 4.42. The lowest BCUT2D eigenvalue weighted by Crippen LogP contribution is -1.98. The van der Waals surface area contributed by atoms with Crippen LogP contribution in [0.3, 0.4) is 0 Å². The standard InChI is InChI=1S/C10H10ClFO2/c1-6-8(11)4-7(5-9(6)12)2-3-10(13)14/h4-5H,2-3H2,1H3,(H,13,14). The maximum absolute atomic E-state index is 13.1. The average molecular weight is 217 g/mol. The van der Waals surface area contributed by atoms with Crippen LogP contribution in [0.5, 0.6) is 0 Å². The molecule has 0 aliphatic carbocycles. The Bertz CT molecular complexity index is 340. The highest BCUT2D eigenvalue weighted by Crippen LogP contribution is 2.21. The molecule has 76 valence electrons. The molecule has 0 saturated heterocycles. The molecule has 0 amide bonds. The Morgan fingerprint density at radius 2 is 2.21 bits per heavy atom. The van der Waals surface area contributed by atoms with Crippen LogP contribution in [0.1, 0.15) is 17.5 Å². The van der Waals surface area contributed by atoms with Gasteiger partial charge in [0.2, 0.25) is 0 Å². The number of benzene rings is 1. The molecule has 0 aliphatic rings. The first-order valence-corrected chi connectivity index (χ1v) is 4.55. The van der Waals surface area contributed by atoms with Gasteiger partial charge in [0.15, 0.2) is 0 Å². The number of carboxylic acid groups (broad SMARTS) is 1. The first-order chi connectivity index (χ1) is 6.50. The van der Waals surface area contributed by atoms with Gasteiger partial charge < -0.3 is 5.11 Å². The lowest BCUT2D eigenvalue weighted by atomic mass is 10.1. The molecular weight excluding hydrogens is 207 g/mol. The Labute approximate surface area is 86.3 Å². The lowest BCUT2D eigenvalue weighted by Gasteiger charge is -2.04. The van der Waals surface area contributed by atoms with Crippen LogP contribution in [0.25, 0.3) is 0 Å². The molecule has 1 rings (SSSR count). The smallest absolute Gasteiger partial charge is 0.303 e. The van der Waals surface area contributed by atoms with Crippen molar-refractivity contribution in [1.29, 1.82) is 0 Å². The van der Waals surface area contributed by atoms with Gasteiger partial charge in [-0.15, -0.1) is 0 Å². The van der Waals surface area contributed by atoms with E-state index in [1.165, 1.54) is 6.07 Å². The minimum atomic E-state index is -0.901. The van der Waals surface area contributed by atoms with E-state index in [0.29, 0.717) is 22.6 Å². The summed E-state index contributed by atoms with van der Waals surface area (Å²) < 4.78 is 13.1. The van der Waals surface area contributed by atoms with Crippen LogP contribution in [-0.4, -0.2) is 11.1 Å². The van der Waals surface area contributed by atoms with Gasteiger partial charge in [-0.1, -0.05) is 11.6 Å². The average Bonchev–Trinajstić information content (AvgIpc) is 2.10. The van der Waals surface area contributed by atoms with E-state index in [4.69, 9.17) is 16.7 Å². The maximum atomic E-state index is 13.1. The summed E-state index contributed by atoms with van der Waals surface area (Å²) in [5.41, 5.74) is 1.01. The fraction of sp³-hybridized carbons (Fsp3) is 0.300. The summed E-state index contributed by atoms with van der Waals surface area (Å²) >= 11 is 5.75. The Morgan fingerprint density at radius 3 is 2.71 bits per heavy atom. The van der Waals surface area contributed by atoms with Gasteiger partial charge in [0.25, 0.3) is 0 Å². The largest absolute Gasteiger partial charge is 0.481 e. The molecule has 0 aromatic heterocycles. The van der Waals surface area contributed by atoms with E-state index in [1.807, 2.05) is 0 Å². The predicted molar refractivity (Wildman–Crippen MR) is 52.1 cm³/mol. The van der Waals surface area contributed by atoms with E-state index >= 15 is 0 Å². The van der Waals surface area contributed by atoms with Crippen molar-refractivity contribution in [3.63, 3.8) is 0 Å². The third-order valence-electron chi connectivity index (χ3n) is 1.97. The fourth-order valence-electron chi connectivity index (χ4n) is 1.09. The van der Waals surface area contributed by atoms with Gasteiger partial charge >= 0.3 is 5.97 Å². The molecule has 1 aromatic rings. The topological polar surface area (TPSA) is 37.3 Å². The van der Waals surface area contributed by atoms with Crippen molar-refractivity contribution in [2.24, 2.45) is 0 Å². The molecule has 0 spiro atoms. The SMILES string of the molecule is Cc1c(F)cc(CCC(=O)O)cc1Cl. The number of aliphatic carboxylic acids is 1. The summed E-state index contributed by atoms with van der Waals surface area (Å²) in [5.74, 6) is -1.29. The van der Waals surface area contributed by atoms with Crippen LogP contribution >= 0.6 is 11.6 Å². The van der Waals surface area contributed by atoms with Crippen LogP contribution in [-0.2, 0) is 11.2 Å². The lowest BCUT2D eigenvalue weighted by molar-refractivity contribution is -0.136. The molecule has 0 aliphatic heterocycles. The Balaban J connectivity index is 2.84. The zero-order chi connectivity index (χ0) is 10.7. The highest BCUT2D eigenvalue weighted by atomic mass is 35.5. The van der Waals surface area contributed by atoms with E-state index in [-0.39, 0.29) is 6.42 Å². The van der Waals surface area contributed by atoms with Gasteiger partial charge in [-0.2, -0.15) is 0 Å². The maximum Gasteiger partial charge on any atom is 0.303 e. The quantitative estimate of drug-likeness (QED) is 0.844. The Kier molecular flexibility index (Phi) is 3.47. The van der Waals surface area contributed by atoms with Crippen LogP contribution in [0.2, 0.25) is 5.02 Å². The second-order valence-electron chi connectivity index (χ2n) is 3.08. The van der Waals surface area contributed by atoms with Crippen molar-refractivity contribution in [3.05, 3.63) is 34.1 Å². The fourth-order valence-corrected chi connectivity index (χ4v) is 1.32. The van der Waals surface area contributed by atoms with Crippen LogP contribution < -0.4 is 0 Å². The third-order valence-corrected chi connectivity index (χ3v) is 2.36. The molecule has 0 saturated carbocycles. The summed E-state index contributed by atoms with van der Waals surface area (Å²) in [7, 11) is 0. The summed E-state index contributed by atoms with van der Waals surface area (Å²) in [6.07, 6.45) is 0.283. The molecule has 0 radical (unpaired) electrons. The van der Waals surface area contributed by atoms with E-state index < -0.39 is 11.8 Å². The Hall–Kier alpha value is -1.09.